The van der Waals surface area contributed by atoms with Gasteiger partial charge in [-0.2, -0.15) is 0 Å². The van der Waals surface area contributed by atoms with Crippen LogP contribution in [0.2, 0.25) is 0 Å². The number of ether oxygens (including phenoxy) is 2. The number of hydrogen-bond acceptors (Lipinski definition) is 9. The quantitative estimate of drug-likeness (QED) is 0.118. The van der Waals surface area contributed by atoms with E-state index in [9.17, 15) is 24.0 Å². The number of methoxy groups -OCH3 is 2. The zero-order valence-corrected chi connectivity index (χ0v) is 39.5. The predicted octanol–water partition coefficient (Wildman–Crippen LogP) is 6.56. The lowest BCUT2D eigenvalue weighted by Gasteiger charge is -2.41. The highest BCUT2D eigenvalue weighted by atomic mass is 16.5. The fraction of sp³-hybridized carbons (Fsp3) is 0.673. The van der Waals surface area contributed by atoms with Crippen molar-refractivity contribution in [2.24, 2.45) is 35.5 Å². The van der Waals surface area contributed by atoms with E-state index in [1.165, 1.54) is 0 Å². The van der Waals surface area contributed by atoms with Crippen molar-refractivity contribution in [3.8, 4) is 0 Å². The molecule has 1 fully saturated rings. The number of amides is 3. The molecule has 3 amide bonds. The number of likely N-dealkylation sites (N-methyl/N-ethyl adjacent to an activating group) is 2. The van der Waals surface area contributed by atoms with Gasteiger partial charge in [-0.05, 0) is 69.3 Å². The lowest BCUT2D eigenvalue weighted by Crippen LogP contribution is -2.54. The van der Waals surface area contributed by atoms with Crippen LogP contribution < -0.4 is 5.32 Å². The fourth-order valence-corrected chi connectivity index (χ4v) is 9.30. The highest BCUT2D eigenvalue weighted by Gasteiger charge is 2.43. The van der Waals surface area contributed by atoms with Crippen LogP contribution in [0, 0.1) is 42.4 Å². The molecule has 12 heteroatoms. The monoisotopic (exact) mass is 848 g/mol. The summed E-state index contributed by atoms with van der Waals surface area (Å²) in [6.45, 7) is 16.8. The molecule has 1 aromatic heterocycles. The number of aryl methyl sites for hydroxylation is 1. The van der Waals surface area contributed by atoms with Gasteiger partial charge in [0, 0.05) is 77.3 Å². The van der Waals surface area contributed by atoms with Gasteiger partial charge in [-0.25, -0.2) is 0 Å². The summed E-state index contributed by atoms with van der Waals surface area (Å²) >= 11 is 0. The third kappa shape index (κ3) is 14.3. The molecule has 1 aliphatic heterocycles. The van der Waals surface area contributed by atoms with E-state index in [2.05, 4.69) is 24.1 Å². The van der Waals surface area contributed by atoms with E-state index in [4.69, 9.17) is 9.47 Å². The number of ketones is 2. The highest BCUT2D eigenvalue weighted by Crippen LogP contribution is 2.32. The first kappa shape index (κ1) is 51.4. The average Bonchev–Trinajstić information content (AvgIpc) is 3.71. The normalized spacial score (nSPS) is 18.3. The van der Waals surface area contributed by atoms with Gasteiger partial charge >= 0.3 is 0 Å². The molecule has 1 aliphatic rings. The van der Waals surface area contributed by atoms with Gasteiger partial charge in [0.1, 0.15) is 5.78 Å². The Labute approximate surface area is 366 Å². The van der Waals surface area contributed by atoms with Crippen molar-refractivity contribution < 1.29 is 33.4 Å². The van der Waals surface area contributed by atoms with Crippen molar-refractivity contribution in [1.29, 1.82) is 0 Å². The number of hydrogen-bond donors (Lipinski definition) is 1. The van der Waals surface area contributed by atoms with Gasteiger partial charge in [-0.1, -0.05) is 90.8 Å². The first-order chi connectivity index (χ1) is 28.9. The van der Waals surface area contributed by atoms with E-state index in [-0.39, 0.29) is 78.4 Å². The minimum absolute atomic E-state index is 0.00304. The number of Topliss-reactive ketones (excluding diaryl/α,β-unsaturated/α-hetero) is 2. The summed E-state index contributed by atoms with van der Waals surface area (Å²) in [6.07, 6.45) is 3.11. The van der Waals surface area contributed by atoms with E-state index in [1.807, 2.05) is 108 Å². The van der Waals surface area contributed by atoms with E-state index in [1.54, 1.807) is 32.4 Å². The number of aromatic nitrogens is 1. The Balaban J connectivity index is 1.79. The van der Waals surface area contributed by atoms with Gasteiger partial charge in [0.2, 0.25) is 17.7 Å². The molecular formula is C49H77N5O7. The van der Waals surface area contributed by atoms with Gasteiger partial charge in [0.15, 0.2) is 5.78 Å². The van der Waals surface area contributed by atoms with Crippen molar-refractivity contribution in [3.63, 3.8) is 0 Å². The van der Waals surface area contributed by atoms with Crippen LogP contribution in [0.3, 0.4) is 0 Å². The Kier molecular flexibility index (Phi) is 20.7. The number of nitrogens with zero attached hydrogens (tertiary/aromatic N) is 4. The van der Waals surface area contributed by atoms with Crippen molar-refractivity contribution in [2.75, 3.05) is 41.9 Å². The summed E-state index contributed by atoms with van der Waals surface area (Å²) < 4.78 is 12.2. The topological polar surface area (TPSA) is 138 Å². The molecule has 0 spiro atoms. The lowest BCUT2D eigenvalue weighted by molar-refractivity contribution is -0.149. The Hall–Kier alpha value is -4.00. The number of pyridine rings is 1. The minimum atomic E-state index is -0.646. The molecule has 1 N–H and O–H groups in total. The Bertz CT molecular complexity index is 1690. The number of rotatable bonds is 25. The second-order valence-electron chi connectivity index (χ2n) is 18.4. The molecule has 0 bridgehead atoms. The molecular weight excluding hydrogens is 771 g/mol. The van der Waals surface area contributed by atoms with Gasteiger partial charge in [-0.15, -0.1) is 0 Å². The second-order valence-corrected chi connectivity index (χ2v) is 18.4. The van der Waals surface area contributed by atoms with Crippen LogP contribution in [-0.2, 0) is 46.4 Å². The second kappa shape index (κ2) is 24.6. The zero-order valence-electron chi connectivity index (χ0n) is 39.5. The van der Waals surface area contributed by atoms with Crippen molar-refractivity contribution in [1.82, 2.24) is 25.0 Å². The summed E-state index contributed by atoms with van der Waals surface area (Å²) in [5.74, 6) is -2.30. The molecule has 1 aromatic carbocycles. The molecule has 61 heavy (non-hydrogen) atoms. The van der Waals surface area contributed by atoms with Crippen LogP contribution in [-0.4, -0.2) is 121 Å². The van der Waals surface area contributed by atoms with Crippen molar-refractivity contribution in [2.45, 2.75) is 137 Å². The SMILES string of the molecule is CC[C@H](C)[C@@H]([C@@H](CC(=O)N1CCC[C@H]1[C@H](OC)[C@@H](C)C(=O)C[C@H](Cc1ccccn1)C(=O)NCc1ccc(C)cc1)OC)N(C)C(=O)[C@@H](CC(=O)[C@H](C(C)C)N(C)C)C(C)C. The van der Waals surface area contributed by atoms with E-state index in [0.29, 0.717) is 25.9 Å². The van der Waals surface area contributed by atoms with E-state index >= 15 is 0 Å². The summed E-state index contributed by atoms with van der Waals surface area (Å²) in [4.78, 5) is 80.2. The average molecular weight is 848 g/mol. The number of carbonyl (C=O) groups is 5. The first-order valence-electron chi connectivity index (χ1n) is 22.4. The van der Waals surface area contributed by atoms with Crippen molar-refractivity contribution in [3.05, 3.63) is 65.5 Å². The number of carbonyl (C=O) groups excluding carboxylic acids is 5. The number of nitrogens with one attached hydrogen (secondary N) is 1. The molecule has 1 saturated heterocycles. The summed E-state index contributed by atoms with van der Waals surface area (Å²) in [5, 5.41) is 3.04. The summed E-state index contributed by atoms with van der Waals surface area (Å²) in [5.41, 5.74) is 2.83. The Morgan fingerprint density at radius 3 is 2.08 bits per heavy atom. The van der Waals surface area contributed by atoms with Gasteiger partial charge in [0.25, 0.3) is 0 Å². The van der Waals surface area contributed by atoms with Crippen LogP contribution in [0.15, 0.2) is 48.7 Å². The smallest absolute Gasteiger partial charge is 0.226 e. The number of likely N-dealkylation sites (tertiary alicyclic amines) is 1. The highest BCUT2D eigenvalue weighted by molar-refractivity contribution is 5.90. The third-order valence-electron chi connectivity index (χ3n) is 13.0. The molecule has 9 atom stereocenters. The van der Waals surface area contributed by atoms with Crippen LogP contribution in [0.4, 0.5) is 0 Å². The molecule has 0 radical (unpaired) electrons. The molecule has 0 unspecified atom stereocenters. The molecule has 2 heterocycles. The molecule has 2 aromatic rings. The van der Waals surface area contributed by atoms with Crippen LogP contribution >= 0.6 is 0 Å². The largest absolute Gasteiger partial charge is 0.379 e. The van der Waals surface area contributed by atoms with Gasteiger partial charge in [-0.3, -0.25) is 33.9 Å². The lowest BCUT2D eigenvalue weighted by atomic mass is 9.83. The molecule has 0 saturated carbocycles. The maximum absolute atomic E-state index is 14.4. The van der Waals surface area contributed by atoms with Gasteiger partial charge in [0.05, 0.1) is 42.7 Å². The van der Waals surface area contributed by atoms with Crippen molar-refractivity contribution >= 4 is 29.3 Å². The maximum atomic E-state index is 14.4. The van der Waals surface area contributed by atoms with Crippen LogP contribution in [0.25, 0.3) is 0 Å². The van der Waals surface area contributed by atoms with E-state index < -0.39 is 36.0 Å². The molecule has 3 rings (SSSR count). The van der Waals surface area contributed by atoms with Crippen LogP contribution in [0.5, 0.6) is 0 Å². The maximum Gasteiger partial charge on any atom is 0.226 e. The molecule has 340 valence electrons. The fourth-order valence-electron chi connectivity index (χ4n) is 9.30. The third-order valence-corrected chi connectivity index (χ3v) is 13.0. The van der Waals surface area contributed by atoms with E-state index in [0.717, 1.165) is 29.7 Å². The predicted molar refractivity (Wildman–Crippen MR) is 240 cm³/mol. The zero-order chi connectivity index (χ0) is 45.6. The summed E-state index contributed by atoms with van der Waals surface area (Å²) in [7, 11) is 8.73. The van der Waals surface area contributed by atoms with Crippen LogP contribution in [0.1, 0.15) is 104 Å². The Morgan fingerprint density at radius 2 is 1.54 bits per heavy atom. The Morgan fingerprint density at radius 1 is 0.869 bits per heavy atom. The van der Waals surface area contributed by atoms with Gasteiger partial charge < -0.3 is 24.6 Å². The molecule has 12 nitrogen and oxygen atoms in total. The minimum Gasteiger partial charge on any atom is -0.379 e. The standard InChI is InChI=1S/C49H77N5O7/c1-14-34(7)46(53(11)49(59)39(31(2)3)28-42(56)45(32(4)5)52(9)10)43(60-12)29-44(57)54-25-17-19-40(54)47(61-13)35(8)41(55)27-37(26-38-18-15-16-24-50-38)48(58)51-30-36-22-20-33(6)21-23-36/h15-16,18,20-24,31-32,34-35,37,39-40,43,45-47H,14,17,19,25-30H2,1-13H3,(H,51,58)/t34-,35-,37-,39-,40-,43+,45-,46-,47+/m0/s1. The first-order valence-corrected chi connectivity index (χ1v) is 22.4. The molecule has 0 aliphatic carbocycles. The number of benzene rings is 1. The summed E-state index contributed by atoms with van der Waals surface area (Å²) in [6, 6.07) is 12.4.